The van der Waals surface area contributed by atoms with Crippen LogP contribution in [0.2, 0.25) is 0 Å². The number of pyridine rings is 1. The van der Waals surface area contributed by atoms with Crippen molar-refractivity contribution < 1.29 is 4.79 Å². The van der Waals surface area contributed by atoms with Gasteiger partial charge in [-0.15, -0.1) is 0 Å². The third kappa shape index (κ3) is 3.52. The van der Waals surface area contributed by atoms with Gasteiger partial charge >= 0.3 is 0 Å². The van der Waals surface area contributed by atoms with Crippen molar-refractivity contribution >= 4 is 5.91 Å². The highest BCUT2D eigenvalue weighted by atomic mass is 16.2. The van der Waals surface area contributed by atoms with Gasteiger partial charge in [0.2, 0.25) is 0 Å². The maximum atomic E-state index is 12.7. The van der Waals surface area contributed by atoms with E-state index >= 15 is 0 Å². The van der Waals surface area contributed by atoms with Crippen molar-refractivity contribution in [1.82, 2.24) is 9.88 Å². The van der Waals surface area contributed by atoms with E-state index in [0.29, 0.717) is 0 Å². The van der Waals surface area contributed by atoms with Crippen LogP contribution in [-0.2, 0) is 6.42 Å². The fourth-order valence-electron chi connectivity index (χ4n) is 3.28. The van der Waals surface area contributed by atoms with Gasteiger partial charge in [-0.3, -0.25) is 9.59 Å². The standard InChI is InChI=1S/C19H22N2O2/c1-14-9-12-17(18(22)20-14)19(23)21-13-5-8-16(21)11-10-15-6-3-2-4-7-15/h2-4,6-7,9,12,16H,5,8,10-11,13H2,1H3,(H,20,22). The van der Waals surface area contributed by atoms with Crippen molar-refractivity contribution in [2.75, 3.05) is 6.54 Å². The molecule has 1 aromatic carbocycles. The first-order valence-corrected chi connectivity index (χ1v) is 8.20. The van der Waals surface area contributed by atoms with Crippen molar-refractivity contribution in [1.29, 1.82) is 0 Å². The first-order chi connectivity index (χ1) is 11.1. The van der Waals surface area contributed by atoms with Crippen molar-refractivity contribution in [3.05, 3.63) is 69.6 Å². The number of H-pyrrole nitrogens is 1. The van der Waals surface area contributed by atoms with Gasteiger partial charge in [0, 0.05) is 18.3 Å². The lowest BCUT2D eigenvalue weighted by Crippen LogP contribution is -2.38. The second-order valence-electron chi connectivity index (χ2n) is 6.20. The first-order valence-electron chi connectivity index (χ1n) is 8.20. The highest BCUT2D eigenvalue weighted by molar-refractivity contribution is 5.94. The van der Waals surface area contributed by atoms with E-state index in [0.717, 1.165) is 37.9 Å². The lowest BCUT2D eigenvalue weighted by atomic mass is 10.0. The number of carbonyl (C=O) groups excluding carboxylic acids is 1. The van der Waals surface area contributed by atoms with Gasteiger partial charge in [-0.25, -0.2) is 0 Å². The second-order valence-corrected chi connectivity index (χ2v) is 6.20. The molecule has 0 aliphatic carbocycles. The minimum absolute atomic E-state index is 0.137. The van der Waals surface area contributed by atoms with E-state index in [1.165, 1.54) is 5.56 Å². The van der Waals surface area contributed by atoms with Crippen molar-refractivity contribution in [3.8, 4) is 0 Å². The zero-order valence-electron chi connectivity index (χ0n) is 13.4. The molecular formula is C19H22N2O2. The number of nitrogens with zero attached hydrogens (tertiary/aromatic N) is 1. The molecule has 0 saturated carbocycles. The van der Waals surface area contributed by atoms with Crippen LogP contribution in [0.5, 0.6) is 0 Å². The fourth-order valence-corrected chi connectivity index (χ4v) is 3.28. The number of aromatic amines is 1. The molecule has 1 unspecified atom stereocenters. The summed E-state index contributed by atoms with van der Waals surface area (Å²) in [6.45, 7) is 2.56. The van der Waals surface area contributed by atoms with Gasteiger partial charge < -0.3 is 9.88 Å². The number of aryl methyl sites for hydroxylation is 2. The number of amides is 1. The van der Waals surface area contributed by atoms with E-state index in [9.17, 15) is 9.59 Å². The summed E-state index contributed by atoms with van der Waals surface area (Å²) in [5.41, 5.74) is 2.03. The SMILES string of the molecule is Cc1ccc(C(=O)N2CCCC2CCc2ccccc2)c(=O)[nH]1. The van der Waals surface area contributed by atoms with Crippen LogP contribution in [0.25, 0.3) is 0 Å². The maximum Gasteiger partial charge on any atom is 0.260 e. The molecule has 1 saturated heterocycles. The van der Waals surface area contributed by atoms with Crippen LogP contribution in [-0.4, -0.2) is 28.4 Å². The fraction of sp³-hybridized carbons (Fsp3) is 0.368. The Hall–Kier alpha value is -2.36. The molecule has 1 aliphatic heterocycles. The Balaban J connectivity index is 1.71. The zero-order chi connectivity index (χ0) is 16.2. The number of hydrogen-bond acceptors (Lipinski definition) is 2. The molecule has 0 bridgehead atoms. The van der Waals surface area contributed by atoms with Crippen LogP contribution >= 0.6 is 0 Å². The summed E-state index contributed by atoms with van der Waals surface area (Å²) in [5, 5.41) is 0. The monoisotopic (exact) mass is 310 g/mol. The molecule has 23 heavy (non-hydrogen) atoms. The number of aromatic nitrogens is 1. The van der Waals surface area contributed by atoms with Crippen LogP contribution in [0.1, 0.15) is 40.9 Å². The molecule has 1 aromatic heterocycles. The molecule has 0 radical (unpaired) electrons. The van der Waals surface area contributed by atoms with E-state index in [4.69, 9.17) is 0 Å². The average Bonchev–Trinajstić information content (AvgIpc) is 3.02. The Labute approximate surface area is 136 Å². The number of rotatable bonds is 4. The van der Waals surface area contributed by atoms with E-state index in [2.05, 4.69) is 17.1 Å². The highest BCUT2D eigenvalue weighted by Crippen LogP contribution is 2.23. The summed E-state index contributed by atoms with van der Waals surface area (Å²) >= 11 is 0. The summed E-state index contributed by atoms with van der Waals surface area (Å²) in [7, 11) is 0. The van der Waals surface area contributed by atoms with Crippen LogP contribution in [0, 0.1) is 6.92 Å². The minimum Gasteiger partial charge on any atom is -0.335 e. The summed E-state index contributed by atoms with van der Waals surface area (Å²) in [5.74, 6) is -0.137. The molecule has 1 atom stereocenters. The van der Waals surface area contributed by atoms with Crippen LogP contribution in [0.3, 0.4) is 0 Å². The number of hydrogen-bond donors (Lipinski definition) is 1. The highest BCUT2D eigenvalue weighted by Gasteiger charge is 2.30. The van der Waals surface area contributed by atoms with Gasteiger partial charge in [0.25, 0.3) is 11.5 Å². The van der Waals surface area contributed by atoms with Crippen LogP contribution < -0.4 is 5.56 Å². The number of nitrogens with one attached hydrogen (secondary N) is 1. The van der Waals surface area contributed by atoms with Gasteiger partial charge in [0.05, 0.1) is 0 Å². The van der Waals surface area contributed by atoms with Gasteiger partial charge in [-0.2, -0.15) is 0 Å². The molecule has 0 spiro atoms. The molecular weight excluding hydrogens is 288 g/mol. The van der Waals surface area contributed by atoms with Crippen LogP contribution in [0.4, 0.5) is 0 Å². The Kier molecular flexibility index (Phi) is 4.60. The molecule has 4 heteroatoms. The molecule has 2 aromatic rings. The molecule has 1 N–H and O–H groups in total. The molecule has 1 aliphatic rings. The number of carbonyl (C=O) groups is 1. The molecule has 1 amide bonds. The number of likely N-dealkylation sites (tertiary alicyclic amines) is 1. The third-order valence-electron chi connectivity index (χ3n) is 4.53. The predicted octanol–water partition coefficient (Wildman–Crippen LogP) is 2.92. The Bertz CT molecular complexity index is 737. The Morgan fingerprint density at radius 3 is 2.74 bits per heavy atom. The predicted molar refractivity (Wildman–Crippen MR) is 90.6 cm³/mol. The van der Waals surface area contributed by atoms with Gasteiger partial charge in [-0.1, -0.05) is 30.3 Å². The number of benzene rings is 1. The largest absolute Gasteiger partial charge is 0.335 e. The minimum atomic E-state index is -0.288. The summed E-state index contributed by atoms with van der Waals surface area (Å²) in [6.07, 6.45) is 3.93. The third-order valence-corrected chi connectivity index (χ3v) is 4.53. The smallest absolute Gasteiger partial charge is 0.260 e. The topological polar surface area (TPSA) is 53.2 Å². The molecule has 4 nitrogen and oxygen atoms in total. The summed E-state index contributed by atoms with van der Waals surface area (Å²) in [4.78, 5) is 29.3. The van der Waals surface area contributed by atoms with E-state index < -0.39 is 0 Å². The Morgan fingerprint density at radius 2 is 2.00 bits per heavy atom. The van der Waals surface area contributed by atoms with Crippen molar-refractivity contribution in [2.24, 2.45) is 0 Å². The molecule has 120 valence electrons. The second kappa shape index (κ2) is 6.82. The van der Waals surface area contributed by atoms with Gasteiger partial charge in [0.1, 0.15) is 5.56 Å². The van der Waals surface area contributed by atoms with Crippen molar-refractivity contribution in [2.45, 2.75) is 38.6 Å². The molecule has 2 heterocycles. The molecule has 1 fully saturated rings. The van der Waals surface area contributed by atoms with Gasteiger partial charge in [-0.05, 0) is 50.3 Å². The normalized spacial score (nSPS) is 17.4. The quantitative estimate of drug-likeness (QED) is 0.944. The van der Waals surface area contributed by atoms with Gasteiger partial charge in [0.15, 0.2) is 0 Å². The summed E-state index contributed by atoms with van der Waals surface area (Å²) in [6, 6.07) is 14.0. The lowest BCUT2D eigenvalue weighted by molar-refractivity contribution is 0.0729. The average molecular weight is 310 g/mol. The Morgan fingerprint density at radius 1 is 1.22 bits per heavy atom. The summed E-state index contributed by atoms with van der Waals surface area (Å²) < 4.78 is 0. The lowest BCUT2D eigenvalue weighted by Gasteiger charge is -2.24. The molecule has 3 rings (SSSR count). The zero-order valence-corrected chi connectivity index (χ0v) is 13.4. The maximum absolute atomic E-state index is 12.7. The first kappa shape index (κ1) is 15.5. The van der Waals surface area contributed by atoms with E-state index in [-0.39, 0.29) is 23.1 Å². The van der Waals surface area contributed by atoms with Crippen LogP contribution in [0.15, 0.2) is 47.3 Å². The van der Waals surface area contributed by atoms with E-state index in [1.54, 1.807) is 12.1 Å². The van der Waals surface area contributed by atoms with E-state index in [1.807, 2.05) is 30.0 Å². The van der Waals surface area contributed by atoms with Crippen molar-refractivity contribution in [3.63, 3.8) is 0 Å².